The maximum Gasteiger partial charge on any atom is 0.267 e. The second-order valence-corrected chi connectivity index (χ2v) is 9.35. The number of hydrogen-bond acceptors (Lipinski definition) is 3. The topological polar surface area (TPSA) is 76.0 Å². The van der Waals surface area contributed by atoms with Crippen molar-refractivity contribution in [2.75, 3.05) is 11.9 Å². The lowest BCUT2D eigenvalue weighted by atomic mass is 10.1. The van der Waals surface area contributed by atoms with Gasteiger partial charge in [-0.25, -0.2) is 0 Å². The van der Waals surface area contributed by atoms with Gasteiger partial charge in [0.25, 0.3) is 5.91 Å². The zero-order valence-electron chi connectivity index (χ0n) is 20.5. The van der Waals surface area contributed by atoms with Gasteiger partial charge in [-0.3, -0.25) is 14.6 Å². The summed E-state index contributed by atoms with van der Waals surface area (Å²) in [5, 5.41) is 6.93. The van der Waals surface area contributed by atoms with E-state index in [0.717, 1.165) is 27.8 Å². The fraction of sp³-hybridized carbons (Fsp3) is 0.276. The molecule has 0 fully saturated rings. The average Bonchev–Trinajstić information content (AvgIpc) is 3.17. The van der Waals surface area contributed by atoms with Gasteiger partial charge in [0.05, 0.1) is 0 Å². The molecule has 4 aromatic rings. The predicted octanol–water partition coefficient (Wildman–Crippen LogP) is 5.35. The van der Waals surface area contributed by atoms with Gasteiger partial charge in [-0.1, -0.05) is 49.7 Å². The number of pyridine rings is 1. The number of anilines is 1. The van der Waals surface area contributed by atoms with Crippen LogP contribution in [0.15, 0.2) is 72.9 Å². The number of carbonyl (C=O) groups excluding carboxylic acids is 2. The van der Waals surface area contributed by atoms with Crippen molar-refractivity contribution in [1.29, 1.82) is 0 Å². The molecule has 35 heavy (non-hydrogen) atoms. The molecular weight excluding hydrogens is 436 g/mol. The molecule has 2 aromatic carbocycles. The highest BCUT2D eigenvalue weighted by molar-refractivity contribution is 6.00. The Balaban J connectivity index is 1.61. The van der Waals surface area contributed by atoms with E-state index in [0.29, 0.717) is 31.6 Å². The van der Waals surface area contributed by atoms with Crippen molar-refractivity contribution in [3.8, 4) is 0 Å². The summed E-state index contributed by atoms with van der Waals surface area (Å²) in [7, 11) is 0. The van der Waals surface area contributed by atoms with E-state index in [1.54, 1.807) is 6.20 Å². The minimum Gasteiger partial charge on any atom is -0.350 e. The number of carbonyl (C=O) groups is 2. The van der Waals surface area contributed by atoms with Crippen molar-refractivity contribution in [2.45, 2.75) is 40.2 Å². The van der Waals surface area contributed by atoms with Gasteiger partial charge in [0.15, 0.2) is 0 Å². The quantitative estimate of drug-likeness (QED) is 0.348. The second kappa shape index (κ2) is 11.0. The number of nitrogens with zero attached hydrogens (tertiary/aromatic N) is 2. The SMILES string of the molecule is Cc1cccc(Cn2c(C(=O)NCCc3ccccn3)cc3cc(NC(=O)CC(C)C)ccc32)c1. The third-order valence-electron chi connectivity index (χ3n) is 5.83. The third kappa shape index (κ3) is 6.35. The molecule has 0 bridgehead atoms. The summed E-state index contributed by atoms with van der Waals surface area (Å²) >= 11 is 0. The van der Waals surface area contributed by atoms with Crippen molar-refractivity contribution >= 4 is 28.4 Å². The molecule has 0 spiro atoms. The monoisotopic (exact) mass is 468 g/mol. The second-order valence-electron chi connectivity index (χ2n) is 9.35. The molecule has 0 unspecified atom stereocenters. The fourth-order valence-corrected chi connectivity index (χ4v) is 4.22. The number of rotatable bonds is 9. The lowest BCUT2D eigenvalue weighted by Gasteiger charge is -2.12. The maximum atomic E-state index is 13.2. The Kier molecular flexibility index (Phi) is 7.60. The van der Waals surface area contributed by atoms with Gasteiger partial charge in [0, 0.05) is 54.4 Å². The largest absolute Gasteiger partial charge is 0.350 e. The van der Waals surface area contributed by atoms with E-state index in [1.807, 2.05) is 66.9 Å². The zero-order valence-corrected chi connectivity index (χ0v) is 20.5. The van der Waals surface area contributed by atoms with E-state index in [2.05, 4.69) is 40.7 Å². The first-order valence-corrected chi connectivity index (χ1v) is 12.1. The van der Waals surface area contributed by atoms with Crippen LogP contribution >= 0.6 is 0 Å². The van der Waals surface area contributed by atoms with Crippen molar-refractivity contribution in [3.63, 3.8) is 0 Å². The summed E-state index contributed by atoms with van der Waals surface area (Å²) in [4.78, 5) is 29.8. The Morgan fingerprint density at radius 3 is 2.60 bits per heavy atom. The molecule has 0 saturated carbocycles. The molecule has 0 aliphatic rings. The van der Waals surface area contributed by atoms with Crippen LogP contribution in [0, 0.1) is 12.8 Å². The summed E-state index contributed by atoms with van der Waals surface area (Å²) in [6, 6.07) is 21.8. The van der Waals surface area contributed by atoms with E-state index >= 15 is 0 Å². The number of benzene rings is 2. The van der Waals surface area contributed by atoms with Crippen LogP contribution in [0.1, 0.15) is 47.6 Å². The number of hydrogen-bond donors (Lipinski definition) is 2. The minimum absolute atomic E-state index is 0.00830. The van der Waals surface area contributed by atoms with Crippen molar-refractivity contribution in [3.05, 3.63) is 95.4 Å². The van der Waals surface area contributed by atoms with E-state index in [1.165, 1.54) is 5.56 Å². The molecule has 0 radical (unpaired) electrons. The summed E-state index contributed by atoms with van der Waals surface area (Å²) in [6.07, 6.45) is 2.89. The van der Waals surface area contributed by atoms with E-state index < -0.39 is 0 Å². The Morgan fingerprint density at radius 2 is 1.86 bits per heavy atom. The highest BCUT2D eigenvalue weighted by atomic mass is 16.2. The van der Waals surface area contributed by atoms with E-state index in [-0.39, 0.29) is 17.7 Å². The maximum absolute atomic E-state index is 13.2. The third-order valence-corrected chi connectivity index (χ3v) is 5.83. The van der Waals surface area contributed by atoms with Crippen molar-refractivity contribution < 1.29 is 9.59 Å². The number of aryl methyl sites for hydroxylation is 1. The molecule has 180 valence electrons. The number of amides is 2. The molecule has 6 heteroatoms. The number of fused-ring (bicyclic) bond motifs is 1. The highest BCUT2D eigenvalue weighted by Crippen LogP contribution is 2.25. The van der Waals surface area contributed by atoms with Crippen LogP contribution in [-0.4, -0.2) is 27.9 Å². The summed E-state index contributed by atoms with van der Waals surface area (Å²) in [5.41, 5.74) is 5.51. The minimum atomic E-state index is -0.129. The molecule has 0 aliphatic heterocycles. The Bertz CT molecular complexity index is 1330. The lowest BCUT2D eigenvalue weighted by Crippen LogP contribution is -2.28. The molecule has 2 N–H and O–H groups in total. The summed E-state index contributed by atoms with van der Waals surface area (Å²) < 4.78 is 2.04. The standard InChI is InChI=1S/C29H32N4O2/c1-20(2)15-28(34)32-25-10-11-26-23(17-25)18-27(33(26)19-22-8-6-7-21(3)16-22)29(35)31-14-12-24-9-4-5-13-30-24/h4-11,13,16-18,20H,12,14-15,19H2,1-3H3,(H,31,35)(H,32,34). The van der Waals surface area contributed by atoms with Crippen LogP contribution < -0.4 is 10.6 Å². The average molecular weight is 469 g/mol. The van der Waals surface area contributed by atoms with Gasteiger partial charge in [0.1, 0.15) is 5.69 Å². The van der Waals surface area contributed by atoms with Crippen LogP contribution in [0.25, 0.3) is 10.9 Å². The molecule has 2 heterocycles. The van der Waals surface area contributed by atoms with Gasteiger partial charge in [-0.2, -0.15) is 0 Å². The highest BCUT2D eigenvalue weighted by Gasteiger charge is 2.17. The van der Waals surface area contributed by atoms with Gasteiger partial charge < -0.3 is 15.2 Å². The smallest absolute Gasteiger partial charge is 0.267 e. The molecule has 2 aromatic heterocycles. The summed E-state index contributed by atoms with van der Waals surface area (Å²) in [6.45, 7) is 7.18. The molecule has 4 rings (SSSR count). The molecule has 6 nitrogen and oxygen atoms in total. The Morgan fingerprint density at radius 1 is 1.00 bits per heavy atom. The zero-order chi connectivity index (χ0) is 24.8. The molecule has 0 aliphatic carbocycles. The molecule has 0 saturated heterocycles. The van der Waals surface area contributed by atoms with Crippen LogP contribution in [0.3, 0.4) is 0 Å². The number of aromatic nitrogens is 2. The van der Waals surface area contributed by atoms with Crippen molar-refractivity contribution in [1.82, 2.24) is 14.9 Å². The molecule has 2 amide bonds. The number of nitrogens with one attached hydrogen (secondary N) is 2. The van der Waals surface area contributed by atoms with Gasteiger partial charge >= 0.3 is 0 Å². The van der Waals surface area contributed by atoms with Crippen LogP contribution in [0.2, 0.25) is 0 Å². The van der Waals surface area contributed by atoms with Gasteiger partial charge in [-0.05, 0) is 54.8 Å². The normalized spacial score (nSPS) is 11.1. The van der Waals surface area contributed by atoms with Crippen LogP contribution in [0.4, 0.5) is 5.69 Å². The first kappa shape index (κ1) is 24.2. The van der Waals surface area contributed by atoms with Crippen molar-refractivity contribution in [2.24, 2.45) is 5.92 Å². The van der Waals surface area contributed by atoms with Crippen LogP contribution in [0.5, 0.6) is 0 Å². The Labute approximate surface area is 206 Å². The first-order chi connectivity index (χ1) is 16.9. The van der Waals surface area contributed by atoms with Crippen LogP contribution in [-0.2, 0) is 17.8 Å². The van der Waals surface area contributed by atoms with Gasteiger partial charge in [0.2, 0.25) is 5.91 Å². The fourth-order valence-electron chi connectivity index (χ4n) is 4.22. The molecule has 0 atom stereocenters. The predicted molar refractivity (Wildman–Crippen MR) is 141 cm³/mol. The van der Waals surface area contributed by atoms with E-state index in [9.17, 15) is 9.59 Å². The lowest BCUT2D eigenvalue weighted by molar-refractivity contribution is -0.116. The van der Waals surface area contributed by atoms with E-state index in [4.69, 9.17) is 0 Å². The Hall–Kier alpha value is -3.93. The first-order valence-electron chi connectivity index (χ1n) is 12.1. The summed E-state index contributed by atoms with van der Waals surface area (Å²) in [5.74, 6) is 0.150. The molecular formula is C29H32N4O2. The van der Waals surface area contributed by atoms with Gasteiger partial charge in [-0.15, -0.1) is 0 Å².